The fourth-order valence-corrected chi connectivity index (χ4v) is 2.79. The lowest BCUT2D eigenvalue weighted by Crippen LogP contribution is -2.27. The van der Waals surface area contributed by atoms with Crippen molar-refractivity contribution in [3.63, 3.8) is 0 Å². The van der Waals surface area contributed by atoms with E-state index in [1.165, 1.54) is 24.4 Å². The lowest BCUT2D eigenvalue weighted by Gasteiger charge is -2.10. The minimum absolute atomic E-state index is 0.294. The van der Waals surface area contributed by atoms with E-state index in [9.17, 15) is 22.8 Å². The second-order valence-corrected chi connectivity index (χ2v) is 5.96. The first-order valence-corrected chi connectivity index (χ1v) is 7.92. The molecule has 0 saturated heterocycles. The third kappa shape index (κ3) is 3.62. The van der Waals surface area contributed by atoms with Gasteiger partial charge in [-0.1, -0.05) is 36.4 Å². The van der Waals surface area contributed by atoms with Gasteiger partial charge in [0, 0.05) is 11.8 Å². The summed E-state index contributed by atoms with van der Waals surface area (Å²) in [7, 11) is 0. The summed E-state index contributed by atoms with van der Waals surface area (Å²) >= 11 is 0. The highest BCUT2D eigenvalue weighted by Gasteiger charge is 2.29. The molecule has 27 heavy (non-hydrogen) atoms. The van der Waals surface area contributed by atoms with E-state index in [2.05, 4.69) is 0 Å². The Labute approximate surface area is 152 Å². The zero-order valence-corrected chi connectivity index (χ0v) is 14.1. The molecule has 1 N–H and O–H groups in total. The molecular formula is C20H14F3NO3. The molecule has 0 aliphatic heterocycles. The molecule has 1 heterocycles. The SMILES string of the molecule is Cc1c(-c2ccc(-c3ccc(C(F)(F)F)cc3)cc2)ccn(C(=O)O)c1=O. The topological polar surface area (TPSA) is 59.3 Å². The maximum absolute atomic E-state index is 12.6. The molecule has 138 valence electrons. The number of pyridine rings is 1. The normalized spacial score (nSPS) is 11.4. The second kappa shape index (κ2) is 6.75. The Bertz CT molecular complexity index is 1050. The van der Waals surface area contributed by atoms with Crippen molar-refractivity contribution in [1.29, 1.82) is 0 Å². The van der Waals surface area contributed by atoms with Gasteiger partial charge in [0.15, 0.2) is 0 Å². The smallest absolute Gasteiger partial charge is 0.418 e. The van der Waals surface area contributed by atoms with E-state index in [1.807, 2.05) is 0 Å². The number of aromatic nitrogens is 1. The molecule has 4 nitrogen and oxygen atoms in total. The molecular weight excluding hydrogens is 359 g/mol. The zero-order chi connectivity index (χ0) is 19.8. The summed E-state index contributed by atoms with van der Waals surface area (Å²) in [4.78, 5) is 23.1. The summed E-state index contributed by atoms with van der Waals surface area (Å²) in [5, 5.41) is 8.98. The Kier molecular flexibility index (Phi) is 4.61. The molecule has 0 saturated carbocycles. The van der Waals surface area contributed by atoms with E-state index in [-0.39, 0.29) is 0 Å². The summed E-state index contributed by atoms with van der Waals surface area (Å²) in [6.07, 6.45) is -4.54. The number of halogens is 3. The van der Waals surface area contributed by atoms with Gasteiger partial charge in [-0.05, 0) is 47.4 Å². The van der Waals surface area contributed by atoms with Crippen LogP contribution in [0, 0.1) is 6.92 Å². The quantitative estimate of drug-likeness (QED) is 0.685. The number of benzene rings is 2. The van der Waals surface area contributed by atoms with Gasteiger partial charge in [0.2, 0.25) is 0 Å². The molecule has 2 aromatic carbocycles. The van der Waals surface area contributed by atoms with Crippen molar-refractivity contribution in [3.8, 4) is 22.3 Å². The minimum atomic E-state index is -4.38. The Morgan fingerprint density at radius 2 is 1.37 bits per heavy atom. The van der Waals surface area contributed by atoms with Crippen molar-refractivity contribution in [1.82, 2.24) is 4.57 Å². The molecule has 0 radical (unpaired) electrons. The average molecular weight is 373 g/mol. The van der Waals surface area contributed by atoms with Crippen molar-refractivity contribution in [2.75, 3.05) is 0 Å². The van der Waals surface area contributed by atoms with Crippen LogP contribution in [0.2, 0.25) is 0 Å². The number of hydrogen-bond acceptors (Lipinski definition) is 2. The van der Waals surface area contributed by atoms with Crippen molar-refractivity contribution in [3.05, 3.63) is 82.3 Å². The van der Waals surface area contributed by atoms with E-state index in [1.54, 1.807) is 31.2 Å². The first-order valence-electron chi connectivity index (χ1n) is 7.92. The van der Waals surface area contributed by atoms with Gasteiger partial charge < -0.3 is 5.11 Å². The van der Waals surface area contributed by atoms with Crippen LogP contribution >= 0.6 is 0 Å². The molecule has 0 spiro atoms. The van der Waals surface area contributed by atoms with Crippen molar-refractivity contribution < 1.29 is 23.1 Å². The van der Waals surface area contributed by atoms with E-state index in [4.69, 9.17) is 5.11 Å². The van der Waals surface area contributed by atoms with Crippen LogP contribution in [-0.4, -0.2) is 15.8 Å². The number of carbonyl (C=O) groups is 1. The van der Waals surface area contributed by atoms with E-state index < -0.39 is 23.4 Å². The summed E-state index contributed by atoms with van der Waals surface area (Å²) in [5.74, 6) is 0. The van der Waals surface area contributed by atoms with E-state index in [0.29, 0.717) is 26.8 Å². The maximum atomic E-state index is 12.6. The van der Waals surface area contributed by atoms with Gasteiger partial charge >= 0.3 is 12.3 Å². The largest absolute Gasteiger partial charge is 0.464 e. The van der Waals surface area contributed by atoms with Gasteiger partial charge in [0.1, 0.15) is 0 Å². The predicted molar refractivity (Wildman–Crippen MR) is 94.7 cm³/mol. The highest BCUT2D eigenvalue weighted by Crippen LogP contribution is 2.31. The number of carboxylic acid groups (broad SMARTS) is 1. The fourth-order valence-electron chi connectivity index (χ4n) is 2.79. The maximum Gasteiger partial charge on any atom is 0.418 e. The third-order valence-corrected chi connectivity index (χ3v) is 4.28. The Morgan fingerprint density at radius 1 is 0.889 bits per heavy atom. The van der Waals surface area contributed by atoms with Crippen molar-refractivity contribution >= 4 is 6.09 Å². The van der Waals surface area contributed by atoms with E-state index >= 15 is 0 Å². The van der Waals surface area contributed by atoms with Crippen LogP contribution in [0.1, 0.15) is 11.1 Å². The lowest BCUT2D eigenvalue weighted by molar-refractivity contribution is -0.137. The first kappa shape index (κ1) is 18.4. The van der Waals surface area contributed by atoms with Crippen LogP contribution < -0.4 is 5.56 Å². The number of alkyl halides is 3. The van der Waals surface area contributed by atoms with Gasteiger partial charge in [-0.15, -0.1) is 0 Å². The van der Waals surface area contributed by atoms with Crippen LogP contribution in [0.5, 0.6) is 0 Å². The van der Waals surface area contributed by atoms with Crippen molar-refractivity contribution in [2.45, 2.75) is 13.1 Å². The standard InChI is InChI=1S/C20H14F3NO3/c1-12-17(10-11-24(18(12)25)19(26)27)15-4-2-13(3-5-15)14-6-8-16(9-7-14)20(21,22)23/h2-11H,1H3,(H,26,27). The molecule has 0 unspecified atom stereocenters. The van der Waals surface area contributed by atoms with Gasteiger partial charge in [-0.25, -0.2) is 9.36 Å². The van der Waals surface area contributed by atoms with Crippen LogP contribution in [0.15, 0.2) is 65.6 Å². The third-order valence-electron chi connectivity index (χ3n) is 4.28. The number of rotatable bonds is 2. The lowest BCUT2D eigenvalue weighted by atomic mass is 9.98. The second-order valence-electron chi connectivity index (χ2n) is 5.96. The summed E-state index contributed by atoms with van der Waals surface area (Å²) in [5.41, 5.74) is 1.62. The average Bonchev–Trinajstić information content (AvgIpc) is 2.63. The number of hydrogen-bond donors (Lipinski definition) is 1. The minimum Gasteiger partial charge on any atom is -0.464 e. The molecule has 7 heteroatoms. The Morgan fingerprint density at radius 3 is 1.85 bits per heavy atom. The summed E-state index contributed by atoms with van der Waals surface area (Å²) < 4.78 is 38.5. The molecule has 1 aromatic heterocycles. The summed E-state index contributed by atoms with van der Waals surface area (Å²) in [6.45, 7) is 1.54. The summed E-state index contributed by atoms with van der Waals surface area (Å²) in [6, 6.07) is 13.3. The Hall–Kier alpha value is -3.35. The molecule has 0 fully saturated rings. The molecule has 3 aromatic rings. The molecule has 0 bridgehead atoms. The Balaban J connectivity index is 1.93. The molecule has 0 amide bonds. The van der Waals surface area contributed by atoms with Gasteiger partial charge in [-0.2, -0.15) is 13.2 Å². The first-order chi connectivity index (χ1) is 12.7. The van der Waals surface area contributed by atoms with Gasteiger partial charge in [-0.3, -0.25) is 4.79 Å². The van der Waals surface area contributed by atoms with Crippen LogP contribution in [-0.2, 0) is 6.18 Å². The van der Waals surface area contributed by atoms with Crippen molar-refractivity contribution in [2.24, 2.45) is 0 Å². The monoisotopic (exact) mass is 373 g/mol. The number of nitrogens with zero attached hydrogens (tertiary/aromatic N) is 1. The molecule has 3 rings (SSSR count). The van der Waals surface area contributed by atoms with Crippen LogP contribution in [0.3, 0.4) is 0 Å². The molecule has 0 aliphatic carbocycles. The molecule has 0 aliphatic rings. The zero-order valence-electron chi connectivity index (χ0n) is 14.1. The van der Waals surface area contributed by atoms with Crippen LogP contribution in [0.4, 0.5) is 18.0 Å². The molecule has 0 atom stereocenters. The highest BCUT2D eigenvalue weighted by molar-refractivity contribution is 5.74. The predicted octanol–water partition coefficient (Wildman–Crippen LogP) is 5.04. The highest BCUT2D eigenvalue weighted by atomic mass is 19.4. The van der Waals surface area contributed by atoms with E-state index in [0.717, 1.165) is 17.7 Å². The van der Waals surface area contributed by atoms with Crippen LogP contribution in [0.25, 0.3) is 22.3 Å². The van der Waals surface area contributed by atoms with Gasteiger partial charge in [0.05, 0.1) is 5.56 Å². The fraction of sp³-hybridized carbons (Fsp3) is 0.100. The van der Waals surface area contributed by atoms with Gasteiger partial charge in [0.25, 0.3) is 5.56 Å².